The van der Waals surface area contributed by atoms with Crippen LogP contribution < -0.4 is 5.11 Å². The van der Waals surface area contributed by atoms with Gasteiger partial charge in [-0.25, -0.2) is 0 Å². The number of esters is 2. The van der Waals surface area contributed by atoms with Crippen molar-refractivity contribution in [3.8, 4) is 0 Å². The van der Waals surface area contributed by atoms with Crippen molar-refractivity contribution in [2.45, 2.75) is 283 Å². The number of carbonyl (C=O) groups excluding carboxylic acids is 3. The Morgan fingerprint density at radius 2 is 0.687 bits per heavy atom. The summed E-state index contributed by atoms with van der Waals surface area (Å²) >= 11 is 0. The summed E-state index contributed by atoms with van der Waals surface area (Å²) in [7, 11) is 5.92. The predicted octanol–water partition coefficient (Wildman–Crippen LogP) is 19.5. The molecule has 0 aromatic heterocycles. The first-order valence-corrected chi connectivity index (χ1v) is 33.7. The summed E-state index contributed by atoms with van der Waals surface area (Å²) in [6.07, 6.45) is 86.9. The van der Waals surface area contributed by atoms with Crippen LogP contribution in [0.1, 0.15) is 271 Å². The van der Waals surface area contributed by atoms with Gasteiger partial charge in [0.25, 0.3) is 0 Å². The van der Waals surface area contributed by atoms with E-state index in [-0.39, 0.29) is 38.6 Å². The van der Waals surface area contributed by atoms with E-state index in [1.165, 1.54) is 135 Å². The van der Waals surface area contributed by atoms with E-state index >= 15 is 0 Å². The van der Waals surface area contributed by atoms with E-state index in [0.717, 1.165) is 103 Å². The minimum Gasteiger partial charge on any atom is -0.545 e. The molecule has 0 saturated heterocycles. The Kier molecular flexibility index (Phi) is 60.4. The SMILES string of the molecule is CC/C=C\C/C=C\C/C=C\C/C=C\C/C=C\C/C=C\C/C=C\C/C=C\C/C=C\CCCCCCCCCCCCCC(=O)OC(COC(=O)CCCCCCCCCCC/C=C\CCCCCCCC)COC(OCC[N+](C)(C)C)C(=O)[O-]. The van der Waals surface area contributed by atoms with Gasteiger partial charge in [0, 0.05) is 12.8 Å². The Labute approximate surface area is 510 Å². The van der Waals surface area contributed by atoms with Crippen LogP contribution in [0.4, 0.5) is 0 Å². The number of hydrogen-bond donors (Lipinski definition) is 0. The second kappa shape index (κ2) is 63.7. The Morgan fingerprint density at radius 3 is 1.04 bits per heavy atom. The van der Waals surface area contributed by atoms with Gasteiger partial charge in [-0.15, -0.1) is 0 Å². The quantitative estimate of drug-likeness (QED) is 0.0195. The van der Waals surface area contributed by atoms with E-state index in [4.69, 9.17) is 18.9 Å². The summed E-state index contributed by atoms with van der Waals surface area (Å²) in [4.78, 5) is 37.4. The highest BCUT2D eigenvalue weighted by atomic mass is 16.7. The average molecular weight is 1160 g/mol. The molecule has 0 saturated carbocycles. The van der Waals surface area contributed by atoms with Crippen LogP contribution >= 0.6 is 0 Å². The molecule has 2 atom stereocenters. The maximum Gasteiger partial charge on any atom is 0.306 e. The van der Waals surface area contributed by atoms with Gasteiger partial charge in [0.2, 0.25) is 0 Å². The van der Waals surface area contributed by atoms with Crippen molar-refractivity contribution < 1.29 is 42.9 Å². The molecule has 0 aliphatic heterocycles. The van der Waals surface area contributed by atoms with Gasteiger partial charge < -0.3 is 33.3 Å². The Morgan fingerprint density at radius 1 is 0.373 bits per heavy atom. The summed E-state index contributed by atoms with van der Waals surface area (Å²) in [6, 6.07) is 0. The van der Waals surface area contributed by atoms with Crippen molar-refractivity contribution in [1.29, 1.82) is 0 Å². The lowest BCUT2D eigenvalue weighted by Crippen LogP contribution is -2.44. The first kappa shape index (κ1) is 78.7. The molecule has 0 bridgehead atoms. The predicted molar refractivity (Wildman–Crippen MR) is 352 cm³/mol. The topological polar surface area (TPSA) is 111 Å². The summed E-state index contributed by atoms with van der Waals surface area (Å²) in [5.41, 5.74) is 0. The number of ether oxygens (including phenoxy) is 4. The van der Waals surface area contributed by atoms with Crippen LogP contribution in [0.25, 0.3) is 0 Å². The average Bonchev–Trinajstić information content (AvgIpc) is 3.46. The van der Waals surface area contributed by atoms with Crippen LogP contribution in [-0.4, -0.2) is 82.3 Å². The van der Waals surface area contributed by atoms with Gasteiger partial charge in [0.1, 0.15) is 13.2 Å². The van der Waals surface area contributed by atoms with E-state index in [9.17, 15) is 19.5 Å². The van der Waals surface area contributed by atoms with Crippen LogP contribution in [0.2, 0.25) is 0 Å². The van der Waals surface area contributed by atoms with Crippen LogP contribution in [0.15, 0.2) is 122 Å². The first-order valence-electron chi connectivity index (χ1n) is 33.7. The van der Waals surface area contributed by atoms with Crippen molar-refractivity contribution >= 4 is 17.9 Å². The minimum absolute atomic E-state index is 0.143. The van der Waals surface area contributed by atoms with Gasteiger partial charge >= 0.3 is 11.9 Å². The molecule has 0 amide bonds. The molecule has 0 aliphatic carbocycles. The third-order valence-corrected chi connectivity index (χ3v) is 14.2. The van der Waals surface area contributed by atoms with E-state index in [1.54, 1.807) is 0 Å². The second-order valence-electron chi connectivity index (χ2n) is 23.4. The number of quaternary nitrogens is 1. The highest BCUT2D eigenvalue weighted by Gasteiger charge is 2.22. The van der Waals surface area contributed by atoms with Gasteiger partial charge in [-0.05, 0) is 109 Å². The molecule has 2 unspecified atom stereocenters. The Bertz CT molecular complexity index is 1780. The smallest absolute Gasteiger partial charge is 0.306 e. The Hall–Kier alpha value is -4.31. The number of likely N-dealkylation sites (N-methyl/N-ethyl adjacent to an activating group) is 1. The molecule has 0 aliphatic rings. The van der Waals surface area contributed by atoms with Crippen LogP contribution in [-0.2, 0) is 33.3 Å². The largest absolute Gasteiger partial charge is 0.545 e. The van der Waals surface area contributed by atoms with Crippen molar-refractivity contribution in [3.63, 3.8) is 0 Å². The number of unbranched alkanes of at least 4 members (excludes halogenated alkanes) is 26. The van der Waals surface area contributed by atoms with Crippen LogP contribution in [0.5, 0.6) is 0 Å². The third-order valence-electron chi connectivity index (χ3n) is 14.2. The standard InChI is InChI=1S/C74H125NO8/c1-6-8-10-12-14-16-18-20-22-24-26-27-28-29-30-31-32-33-34-35-36-37-38-39-40-41-42-43-44-45-47-49-51-53-55-57-59-61-63-65-72(77)83-70(69-82-74(73(78)79)80-67-66-75(3,4)5)68-81-71(76)64-62-60-58-56-54-52-50-48-46-25-23-21-19-17-15-13-11-9-7-2/h8,10,14,16,20-23,26-27,29-30,32-33,35-36,38-39,41-42,70,74H,6-7,9,11-13,15,17-19,24-25,28,31,34,37,40,43-69H2,1-5H3/b10-8-,16-14-,22-20-,23-21-,27-26-,30-29-,33-32-,36-35-,39-38-,42-41-. The lowest BCUT2D eigenvalue weighted by molar-refractivity contribution is -0.870. The van der Waals surface area contributed by atoms with Crippen molar-refractivity contribution in [1.82, 2.24) is 0 Å². The van der Waals surface area contributed by atoms with Gasteiger partial charge in [-0.1, -0.05) is 270 Å². The molecule has 0 aromatic rings. The van der Waals surface area contributed by atoms with Gasteiger partial charge in [-0.3, -0.25) is 9.59 Å². The molecular weight excluding hydrogens is 1030 g/mol. The number of nitrogens with zero attached hydrogens (tertiary/aromatic N) is 1. The van der Waals surface area contributed by atoms with E-state index in [2.05, 4.69) is 135 Å². The summed E-state index contributed by atoms with van der Waals surface area (Å²) in [6.45, 7) is 4.63. The molecule has 0 spiro atoms. The van der Waals surface area contributed by atoms with E-state index in [1.807, 2.05) is 21.1 Å². The highest BCUT2D eigenvalue weighted by molar-refractivity contribution is 5.70. The van der Waals surface area contributed by atoms with Crippen LogP contribution in [0.3, 0.4) is 0 Å². The molecule has 0 heterocycles. The van der Waals surface area contributed by atoms with Gasteiger partial charge in [0.05, 0.1) is 40.3 Å². The number of carboxylic acids is 1. The molecule has 9 nitrogen and oxygen atoms in total. The number of rotatable bonds is 61. The molecular formula is C74H125NO8. The lowest BCUT2D eigenvalue weighted by Gasteiger charge is -2.26. The zero-order valence-electron chi connectivity index (χ0n) is 54.0. The van der Waals surface area contributed by atoms with Crippen molar-refractivity contribution in [3.05, 3.63) is 122 Å². The number of aliphatic carboxylic acids is 1. The summed E-state index contributed by atoms with van der Waals surface area (Å²) in [5, 5.41) is 11.8. The van der Waals surface area contributed by atoms with E-state index < -0.39 is 24.3 Å². The molecule has 0 fully saturated rings. The monoisotopic (exact) mass is 1160 g/mol. The zero-order valence-corrected chi connectivity index (χ0v) is 54.0. The fourth-order valence-corrected chi connectivity index (χ4v) is 9.05. The maximum atomic E-state index is 12.9. The maximum absolute atomic E-state index is 12.9. The molecule has 0 radical (unpaired) electrons. The summed E-state index contributed by atoms with van der Waals surface area (Å²) < 4.78 is 22.8. The molecule has 474 valence electrons. The molecule has 83 heavy (non-hydrogen) atoms. The number of allylic oxidation sites excluding steroid dienone is 20. The number of hydrogen-bond acceptors (Lipinski definition) is 8. The Balaban J connectivity index is 4.14. The second-order valence-corrected chi connectivity index (χ2v) is 23.4. The van der Waals surface area contributed by atoms with Crippen molar-refractivity contribution in [2.75, 3.05) is 47.5 Å². The molecule has 0 aromatic carbocycles. The van der Waals surface area contributed by atoms with Gasteiger partial charge in [0.15, 0.2) is 12.4 Å². The minimum atomic E-state index is -1.63. The summed E-state index contributed by atoms with van der Waals surface area (Å²) in [5.74, 6) is -2.29. The van der Waals surface area contributed by atoms with Gasteiger partial charge in [-0.2, -0.15) is 0 Å². The highest BCUT2D eigenvalue weighted by Crippen LogP contribution is 2.16. The fraction of sp³-hybridized carbons (Fsp3) is 0.689. The fourth-order valence-electron chi connectivity index (χ4n) is 9.05. The lowest BCUT2D eigenvalue weighted by atomic mass is 10.0. The first-order chi connectivity index (χ1) is 40.6. The van der Waals surface area contributed by atoms with Crippen molar-refractivity contribution in [2.24, 2.45) is 0 Å². The molecule has 9 heteroatoms. The van der Waals surface area contributed by atoms with Crippen LogP contribution in [0, 0.1) is 0 Å². The van der Waals surface area contributed by atoms with E-state index in [0.29, 0.717) is 17.4 Å². The number of carboxylic acid groups (broad SMARTS) is 1. The molecule has 0 N–H and O–H groups in total. The number of carbonyl (C=O) groups is 3. The zero-order chi connectivity index (χ0) is 60.5. The third kappa shape index (κ3) is 65.1. The molecule has 0 rings (SSSR count). The normalized spacial score (nSPS) is 13.5.